The van der Waals surface area contributed by atoms with Crippen molar-refractivity contribution in [2.24, 2.45) is 4.99 Å². The lowest BCUT2D eigenvalue weighted by atomic mass is 10.1. The van der Waals surface area contributed by atoms with Crippen molar-refractivity contribution < 1.29 is 29.2 Å². The summed E-state index contributed by atoms with van der Waals surface area (Å²) in [7, 11) is 1.59. The number of aromatic nitrogens is 1. The molecule has 1 aliphatic heterocycles. The summed E-state index contributed by atoms with van der Waals surface area (Å²) in [5, 5.41) is 23.8. The third-order valence-electron chi connectivity index (χ3n) is 3.39. The molecule has 25 heavy (non-hydrogen) atoms. The maximum Gasteiger partial charge on any atom is 0.152 e. The highest BCUT2D eigenvalue weighted by atomic mass is 16.5. The molecule has 2 heterocycles. The molecule has 1 aromatic rings. The Labute approximate surface area is 146 Å². The number of carboxylic acid groups (broad SMARTS) is 1. The second-order valence-electron chi connectivity index (χ2n) is 5.40. The number of aromatic hydroxyl groups is 1. The van der Waals surface area contributed by atoms with Crippen molar-refractivity contribution in [3.05, 3.63) is 18.0 Å². The first-order valence-electron chi connectivity index (χ1n) is 7.39. The number of hydrogen-bond donors (Lipinski definition) is 2. The lowest BCUT2D eigenvalue weighted by molar-refractivity contribution is -0.312. The molecule has 9 nitrogen and oxygen atoms in total. The molecule has 0 aromatic carbocycles. The van der Waals surface area contributed by atoms with E-state index < -0.39 is 11.5 Å². The Kier molecular flexibility index (Phi) is 7.59. The number of nitrogens with zero attached hydrogens (tertiary/aromatic N) is 2. The van der Waals surface area contributed by atoms with Gasteiger partial charge >= 0.3 is 0 Å². The van der Waals surface area contributed by atoms with Crippen LogP contribution in [0.1, 0.15) is 20.0 Å². The highest BCUT2D eigenvalue weighted by Gasteiger charge is 2.33. The zero-order chi connectivity index (χ0) is 17.6. The van der Waals surface area contributed by atoms with Gasteiger partial charge in [0.15, 0.2) is 5.84 Å². The highest BCUT2D eigenvalue weighted by molar-refractivity contribution is 6.03. The molecule has 1 atom stereocenters. The number of aliphatic imine (C=N–C) groups is 1. The van der Waals surface area contributed by atoms with Gasteiger partial charge in [0, 0.05) is 13.2 Å². The maximum absolute atomic E-state index is 11.1. The molecule has 0 aliphatic carbocycles. The first-order valence-corrected chi connectivity index (χ1v) is 7.39. The minimum absolute atomic E-state index is 0. The molecule has 9 heteroatoms. The number of methoxy groups -OCH3 is 1. The molecule has 1 aliphatic rings. The van der Waals surface area contributed by atoms with E-state index in [2.05, 4.69) is 15.3 Å². The molecule has 0 bridgehead atoms. The van der Waals surface area contributed by atoms with E-state index in [0.29, 0.717) is 32.2 Å². The molecule has 1 aromatic heterocycles. The summed E-state index contributed by atoms with van der Waals surface area (Å²) < 4.78 is 15.5. The van der Waals surface area contributed by atoms with Crippen LogP contribution in [0.4, 0.5) is 0 Å². The molecular weight excluding hydrogens is 330 g/mol. The zero-order valence-corrected chi connectivity index (χ0v) is 13.6. The summed E-state index contributed by atoms with van der Waals surface area (Å²) in [4.78, 5) is 19.2. The van der Waals surface area contributed by atoms with E-state index in [9.17, 15) is 15.0 Å². The average molecular weight is 354 g/mol. The molecule has 2 rings (SSSR count). The normalized spacial score (nSPS) is 18.9. The van der Waals surface area contributed by atoms with Gasteiger partial charge < -0.3 is 34.5 Å². The summed E-state index contributed by atoms with van der Waals surface area (Å²) in [6.45, 7) is 3.12. The lowest BCUT2D eigenvalue weighted by Crippen LogP contribution is -2.56. The number of carboxylic acids is 1. The van der Waals surface area contributed by atoms with Crippen molar-refractivity contribution in [2.45, 2.75) is 19.9 Å². The number of nitrogens with one attached hydrogen (secondary N) is 1. The Bertz CT molecular complexity index is 622. The number of ether oxygens (including phenoxy) is 3. The Morgan fingerprint density at radius 1 is 1.40 bits per heavy atom. The minimum atomic E-state index is -1.31. The summed E-state index contributed by atoms with van der Waals surface area (Å²) in [5.41, 5.74) is -1.15. The van der Waals surface area contributed by atoms with Crippen molar-refractivity contribution in [1.29, 1.82) is 0 Å². The number of carbonyl (C=O) groups is 1. The second-order valence-corrected chi connectivity index (χ2v) is 5.40. The fraction of sp³-hybridized carbons (Fsp3) is 0.562. The summed E-state index contributed by atoms with van der Waals surface area (Å²) >= 11 is 0. The van der Waals surface area contributed by atoms with E-state index in [1.807, 2.05) is 0 Å². The van der Waals surface area contributed by atoms with Crippen LogP contribution >= 0.6 is 0 Å². The third-order valence-corrected chi connectivity index (χ3v) is 3.39. The van der Waals surface area contributed by atoms with Gasteiger partial charge in [-0.15, -0.1) is 0 Å². The number of hydrogen-bond acceptors (Lipinski definition) is 9. The van der Waals surface area contributed by atoms with Crippen LogP contribution < -0.4 is 15.2 Å². The van der Waals surface area contributed by atoms with Crippen LogP contribution in [0.2, 0.25) is 0 Å². The quantitative estimate of drug-likeness (QED) is 0.559. The first kappa shape index (κ1) is 20.7. The monoisotopic (exact) mass is 354 g/mol. The lowest BCUT2D eigenvalue weighted by Gasteiger charge is -2.25. The zero-order valence-electron chi connectivity index (χ0n) is 13.6. The average Bonchev–Trinajstić information content (AvgIpc) is 2.94. The number of rotatable bonds is 9. The van der Waals surface area contributed by atoms with E-state index in [-0.39, 0.29) is 31.3 Å². The van der Waals surface area contributed by atoms with Gasteiger partial charge in [0.25, 0.3) is 0 Å². The standard InChI is InChI=1S/C15H21N3O6.CH4/c1-15(14(20)21)9-17-13(18-15)12-11(19)7-10(8-16-12)24-6-5-23-4-3-22-2;/h7-8,19H,3-6,9H2,1-2H3,(H,17,18)(H,20,21);1H4/p-1. The highest BCUT2D eigenvalue weighted by Crippen LogP contribution is 2.24. The van der Waals surface area contributed by atoms with Gasteiger partial charge in [-0.2, -0.15) is 0 Å². The summed E-state index contributed by atoms with van der Waals surface area (Å²) in [6, 6.07) is 1.39. The Balaban J connectivity index is 0.00000312. The molecule has 0 saturated heterocycles. The van der Waals surface area contributed by atoms with Gasteiger partial charge in [-0.1, -0.05) is 7.43 Å². The van der Waals surface area contributed by atoms with Crippen LogP contribution in [0.25, 0.3) is 0 Å². The smallest absolute Gasteiger partial charge is 0.152 e. The van der Waals surface area contributed by atoms with Crippen LogP contribution in [0.3, 0.4) is 0 Å². The maximum atomic E-state index is 11.1. The van der Waals surface area contributed by atoms with Gasteiger partial charge in [-0.05, 0) is 6.92 Å². The minimum Gasteiger partial charge on any atom is -0.548 e. The molecule has 0 spiro atoms. The van der Waals surface area contributed by atoms with E-state index in [1.165, 1.54) is 19.2 Å². The molecule has 2 N–H and O–H groups in total. The van der Waals surface area contributed by atoms with Crippen LogP contribution in [0.15, 0.2) is 17.3 Å². The Morgan fingerprint density at radius 3 is 2.72 bits per heavy atom. The van der Waals surface area contributed by atoms with Gasteiger partial charge in [-0.3, -0.25) is 4.99 Å². The number of amidine groups is 1. The second kappa shape index (κ2) is 9.19. The van der Waals surface area contributed by atoms with Crippen LogP contribution in [0, 0.1) is 0 Å². The predicted octanol–water partition coefficient (Wildman–Crippen LogP) is -0.676. The first-order chi connectivity index (χ1) is 11.5. The van der Waals surface area contributed by atoms with E-state index in [0.717, 1.165) is 0 Å². The molecule has 1 unspecified atom stereocenters. The van der Waals surface area contributed by atoms with Crippen molar-refractivity contribution in [3.8, 4) is 11.5 Å². The Morgan fingerprint density at radius 2 is 2.12 bits per heavy atom. The van der Waals surface area contributed by atoms with Crippen LogP contribution in [0.5, 0.6) is 11.5 Å². The largest absolute Gasteiger partial charge is 0.548 e. The molecule has 0 radical (unpaired) electrons. The van der Waals surface area contributed by atoms with Crippen LogP contribution in [-0.4, -0.2) is 67.5 Å². The number of aliphatic carboxylic acids is 1. The molecule has 140 valence electrons. The molecule has 0 fully saturated rings. The molecule has 0 amide bonds. The topological polar surface area (TPSA) is 125 Å². The summed E-state index contributed by atoms with van der Waals surface area (Å²) in [5.74, 6) is -0.864. The van der Waals surface area contributed by atoms with Crippen LogP contribution in [-0.2, 0) is 14.3 Å². The predicted molar refractivity (Wildman–Crippen MR) is 88.8 cm³/mol. The SMILES string of the molecule is C.COCCOCCOc1cnc(C2=NCC(C)(C(=O)[O-])N2)c(O)c1. The fourth-order valence-electron chi connectivity index (χ4n) is 1.99. The van der Waals surface area contributed by atoms with E-state index >= 15 is 0 Å². The Hall–Kier alpha value is -2.39. The van der Waals surface area contributed by atoms with Gasteiger partial charge in [0.2, 0.25) is 0 Å². The van der Waals surface area contributed by atoms with Gasteiger partial charge in [0.1, 0.15) is 23.8 Å². The molecule has 0 saturated carbocycles. The summed E-state index contributed by atoms with van der Waals surface area (Å²) in [6.07, 6.45) is 1.42. The third kappa shape index (κ3) is 5.30. The fourth-order valence-corrected chi connectivity index (χ4v) is 1.99. The molecular formula is C16H24N3O6-. The van der Waals surface area contributed by atoms with Gasteiger partial charge in [-0.25, -0.2) is 4.98 Å². The van der Waals surface area contributed by atoms with Crippen molar-refractivity contribution in [2.75, 3.05) is 40.1 Å². The van der Waals surface area contributed by atoms with Crippen molar-refractivity contribution in [1.82, 2.24) is 10.3 Å². The van der Waals surface area contributed by atoms with E-state index in [1.54, 1.807) is 7.11 Å². The van der Waals surface area contributed by atoms with E-state index in [4.69, 9.17) is 14.2 Å². The number of pyridine rings is 1. The van der Waals surface area contributed by atoms with Gasteiger partial charge in [0.05, 0.1) is 44.1 Å². The number of carbonyl (C=O) groups excluding carboxylic acids is 1. The van der Waals surface area contributed by atoms with Crippen molar-refractivity contribution in [3.63, 3.8) is 0 Å². The van der Waals surface area contributed by atoms with Crippen molar-refractivity contribution >= 4 is 11.8 Å².